The Balaban J connectivity index is 1.93. The molecule has 30 heavy (non-hydrogen) atoms. The zero-order chi connectivity index (χ0) is 22.1. The number of carbonyl (C=O) groups excluding carboxylic acids is 2. The van der Waals surface area contributed by atoms with Gasteiger partial charge in [0.2, 0.25) is 0 Å². The van der Waals surface area contributed by atoms with Crippen molar-refractivity contribution in [3.8, 4) is 11.5 Å². The second kappa shape index (κ2) is 10.6. The number of hydrogen-bond donors (Lipinski definition) is 1. The van der Waals surface area contributed by atoms with Gasteiger partial charge in [-0.15, -0.1) is 0 Å². The second-order valence-electron chi connectivity index (χ2n) is 6.15. The first kappa shape index (κ1) is 22.4. The smallest absolute Gasteiger partial charge is 0.331 e. The summed E-state index contributed by atoms with van der Waals surface area (Å²) in [6.45, 7) is 1.25. The molecule has 0 saturated heterocycles. The van der Waals surface area contributed by atoms with Crippen LogP contribution >= 0.6 is 0 Å². The largest absolute Gasteiger partial charge is 0.497 e. The Morgan fingerprint density at radius 3 is 2.57 bits per heavy atom. The van der Waals surface area contributed by atoms with Crippen LogP contribution in [0.15, 0.2) is 48.5 Å². The van der Waals surface area contributed by atoms with Crippen molar-refractivity contribution in [3.05, 3.63) is 69.8 Å². The SMILES string of the molecule is COc1ccc(OC)c([C@H](C)NC(=O)COC(=O)/C=C/c2ccccc2[N+](=O)[O-])c1. The van der Waals surface area contributed by atoms with Gasteiger partial charge in [0.1, 0.15) is 11.5 Å². The van der Waals surface area contributed by atoms with E-state index in [2.05, 4.69) is 5.32 Å². The van der Waals surface area contributed by atoms with E-state index in [0.29, 0.717) is 17.1 Å². The lowest BCUT2D eigenvalue weighted by Gasteiger charge is -2.18. The molecule has 2 aromatic carbocycles. The molecule has 0 aliphatic rings. The second-order valence-corrected chi connectivity index (χ2v) is 6.15. The molecule has 2 rings (SSSR count). The third-order valence-corrected chi connectivity index (χ3v) is 4.16. The van der Waals surface area contributed by atoms with E-state index < -0.39 is 29.4 Å². The van der Waals surface area contributed by atoms with Crippen LogP contribution in [0.2, 0.25) is 0 Å². The third-order valence-electron chi connectivity index (χ3n) is 4.16. The molecule has 0 aliphatic heterocycles. The molecule has 1 amide bonds. The van der Waals surface area contributed by atoms with Crippen LogP contribution in [-0.4, -0.2) is 37.6 Å². The number of rotatable bonds is 9. The molecule has 0 heterocycles. The van der Waals surface area contributed by atoms with Crippen LogP contribution in [0, 0.1) is 10.1 Å². The van der Waals surface area contributed by atoms with Gasteiger partial charge in [0, 0.05) is 17.7 Å². The number of carbonyl (C=O) groups is 2. The van der Waals surface area contributed by atoms with Gasteiger partial charge in [-0.05, 0) is 37.3 Å². The van der Waals surface area contributed by atoms with Gasteiger partial charge in [0.25, 0.3) is 11.6 Å². The maximum absolute atomic E-state index is 12.1. The lowest BCUT2D eigenvalue weighted by Crippen LogP contribution is -2.31. The Kier molecular flexibility index (Phi) is 7.92. The fourth-order valence-corrected chi connectivity index (χ4v) is 2.68. The minimum Gasteiger partial charge on any atom is -0.497 e. The van der Waals surface area contributed by atoms with Gasteiger partial charge in [0.15, 0.2) is 6.61 Å². The van der Waals surface area contributed by atoms with E-state index in [9.17, 15) is 19.7 Å². The van der Waals surface area contributed by atoms with Crippen molar-refractivity contribution < 1.29 is 28.7 Å². The topological polar surface area (TPSA) is 117 Å². The summed E-state index contributed by atoms with van der Waals surface area (Å²) in [6.07, 6.45) is 2.30. The summed E-state index contributed by atoms with van der Waals surface area (Å²) >= 11 is 0. The highest BCUT2D eigenvalue weighted by Crippen LogP contribution is 2.29. The van der Waals surface area contributed by atoms with E-state index in [1.54, 1.807) is 31.2 Å². The summed E-state index contributed by atoms with van der Waals surface area (Å²) in [5.41, 5.74) is 0.816. The number of hydrogen-bond acceptors (Lipinski definition) is 7. The molecule has 0 unspecified atom stereocenters. The first-order chi connectivity index (χ1) is 14.3. The van der Waals surface area contributed by atoms with E-state index in [1.165, 1.54) is 38.5 Å². The summed E-state index contributed by atoms with van der Waals surface area (Å²) in [5.74, 6) is -0.124. The van der Waals surface area contributed by atoms with Gasteiger partial charge in [-0.1, -0.05) is 12.1 Å². The summed E-state index contributed by atoms with van der Waals surface area (Å²) in [5, 5.41) is 13.7. The van der Waals surface area contributed by atoms with Crippen molar-refractivity contribution in [2.24, 2.45) is 0 Å². The third kappa shape index (κ3) is 6.06. The van der Waals surface area contributed by atoms with Crippen molar-refractivity contribution in [2.75, 3.05) is 20.8 Å². The van der Waals surface area contributed by atoms with Gasteiger partial charge in [0.05, 0.1) is 30.7 Å². The van der Waals surface area contributed by atoms with Crippen LogP contribution in [0.1, 0.15) is 24.1 Å². The fourth-order valence-electron chi connectivity index (χ4n) is 2.68. The minimum atomic E-state index is -0.796. The van der Waals surface area contributed by atoms with Crippen molar-refractivity contribution >= 4 is 23.6 Å². The summed E-state index contributed by atoms with van der Waals surface area (Å²) in [6, 6.07) is 10.7. The number of nitro benzene ring substituents is 1. The first-order valence-corrected chi connectivity index (χ1v) is 8.95. The van der Waals surface area contributed by atoms with Crippen LogP contribution < -0.4 is 14.8 Å². The average molecular weight is 414 g/mol. The quantitative estimate of drug-likeness (QED) is 0.290. The lowest BCUT2D eigenvalue weighted by atomic mass is 10.1. The van der Waals surface area contributed by atoms with Crippen LogP contribution in [0.3, 0.4) is 0 Å². The van der Waals surface area contributed by atoms with Gasteiger partial charge >= 0.3 is 5.97 Å². The molecular weight excluding hydrogens is 392 g/mol. The molecule has 0 radical (unpaired) electrons. The van der Waals surface area contributed by atoms with Crippen LogP contribution in [0.25, 0.3) is 6.08 Å². The van der Waals surface area contributed by atoms with Crippen LogP contribution in [0.4, 0.5) is 5.69 Å². The van der Waals surface area contributed by atoms with E-state index in [4.69, 9.17) is 14.2 Å². The van der Waals surface area contributed by atoms with Gasteiger partial charge in [-0.25, -0.2) is 4.79 Å². The van der Waals surface area contributed by atoms with Crippen molar-refractivity contribution in [3.63, 3.8) is 0 Å². The van der Waals surface area contributed by atoms with E-state index in [0.717, 1.165) is 6.08 Å². The highest BCUT2D eigenvalue weighted by atomic mass is 16.6. The molecule has 2 aromatic rings. The van der Waals surface area contributed by atoms with Gasteiger partial charge in [-0.3, -0.25) is 14.9 Å². The van der Waals surface area contributed by atoms with Crippen molar-refractivity contribution in [1.29, 1.82) is 0 Å². The summed E-state index contributed by atoms with van der Waals surface area (Å²) < 4.78 is 15.4. The Morgan fingerprint density at radius 1 is 1.17 bits per heavy atom. The number of para-hydroxylation sites is 1. The highest BCUT2D eigenvalue weighted by molar-refractivity contribution is 5.90. The number of benzene rings is 2. The number of nitrogens with zero attached hydrogens (tertiary/aromatic N) is 1. The lowest BCUT2D eigenvalue weighted by molar-refractivity contribution is -0.385. The number of nitrogens with one attached hydrogen (secondary N) is 1. The van der Waals surface area contributed by atoms with Crippen LogP contribution in [-0.2, 0) is 14.3 Å². The Hall–Kier alpha value is -3.88. The molecule has 1 atom stereocenters. The monoisotopic (exact) mass is 414 g/mol. The highest BCUT2D eigenvalue weighted by Gasteiger charge is 2.16. The zero-order valence-corrected chi connectivity index (χ0v) is 16.8. The molecule has 158 valence electrons. The number of amides is 1. The Labute approximate surface area is 173 Å². The molecule has 0 bridgehead atoms. The average Bonchev–Trinajstić information content (AvgIpc) is 2.75. The molecule has 0 aliphatic carbocycles. The number of methoxy groups -OCH3 is 2. The van der Waals surface area contributed by atoms with Crippen LogP contribution in [0.5, 0.6) is 11.5 Å². The maximum atomic E-state index is 12.1. The van der Waals surface area contributed by atoms with E-state index >= 15 is 0 Å². The minimum absolute atomic E-state index is 0.139. The molecule has 9 nitrogen and oxygen atoms in total. The Bertz CT molecular complexity index is 956. The molecule has 9 heteroatoms. The molecule has 0 saturated carbocycles. The summed E-state index contributed by atoms with van der Waals surface area (Å²) in [4.78, 5) is 34.4. The number of esters is 1. The molecule has 0 spiro atoms. The predicted molar refractivity (Wildman–Crippen MR) is 109 cm³/mol. The van der Waals surface area contributed by atoms with Crippen molar-refractivity contribution in [2.45, 2.75) is 13.0 Å². The Morgan fingerprint density at radius 2 is 1.90 bits per heavy atom. The molecule has 1 N–H and O–H groups in total. The van der Waals surface area contributed by atoms with Gasteiger partial charge < -0.3 is 19.5 Å². The first-order valence-electron chi connectivity index (χ1n) is 8.95. The standard InChI is InChI=1S/C21H22N2O7/c1-14(17-12-16(28-2)9-10-19(17)29-3)22-20(24)13-30-21(25)11-8-15-6-4-5-7-18(15)23(26)27/h4-12,14H,13H2,1-3H3,(H,22,24)/b11-8+/t14-/m0/s1. The number of ether oxygens (including phenoxy) is 3. The molecule has 0 fully saturated rings. The normalized spacial score (nSPS) is 11.6. The fraction of sp³-hybridized carbons (Fsp3) is 0.238. The van der Waals surface area contributed by atoms with E-state index in [-0.39, 0.29) is 11.3 Å². The van der Waals surface area contributed by atoms with Crippen molar-refractivity contribution in [1.82, 2.24) is 5.32 Å². The van der Waals surface area contributed by atoms with E-state index in [1.807, 2.05) is 0 Å². The zero-order valence-electron chi connectivity index (χ0n) is 16.8. The number of nitro groups is 1. The molecule has 0 aromatic heterocycles. The predicted octanol–water partition coefficient (Wildman–Crippen LogP) is 3.05. The summed E-state index contributed by atoms with van der Waals surface area (Å²) in [7, 11) is 3.05. The maximum Gasteiger partial charge on any atom is 0.331 e. The molecular formula is C21H22N2O7. The van der Waals surface area contributed by atoms with Gasteiger partial charge in [-0.2, -0.15) is 0 Å².